The molecular weight excluding hydrogens is 240 g/mol. The van der Waals surface area contributed by atoms with Crippen LogP contribution in [0.4, 0.5) is 11.6 Å². The van der Waals surface area contributed by atoms with Crippen LogP contribution in [0.1, 0.15) is 25.7 Å². The first-order chi connectivity index (χ1) is 9.36. The zero-order valence-corrected chi connectivity index (χ0v) is 11.6. The van der Waals surface area contributed by atoms with Gasteiger partial charge in [0.2, 0.25) is 0 Å². The van der Waals surface area contributed by atoms with Gasteiger partial charge in [-0.05, 0) is 25.7 Å². The maximum atomic E-state index is 5.48. The molecule has 5 nitrogen and oxygen atoms in total. The van der Waals surface area contributed by atoms with Crippen molar-refractivity contribution >= 4 is 11.6 Å². The summed E-state index contributed by atoms with van der Waals surface area (Å²) < 4.78 is 5.48. The molecule has 3 heterocycles. The summed E-state index contributed by atoms with van der Waals surface area (Å²) in [5, 5.41) is 0. The van der Waals surface area contributed by atoms with E-state index in [4.69, 9.17) is 4.74 Å². The topological polar surface area (TPSA) is 41.5 Å². The molecule has 2 aliphatic heterocycles. The zero-order chi connectivity index (χ0) is 13.1. The van der Waals surface area contributed by atoms with Crippen molar-refractivity contribution in [2.75, 3.05) is 43.1 Å². The molecule has 0 radical (unpaired) electrons. The first kappa shape index (κ1) is 12.7. The number of anilines is 2. The molecule has 0 N–H and O–H groups in total. The van der Waals surface area contributed by atoms with Gasteiger partial charge in [0, 0.05) is 39.4 Å². The molecule has 0 spiro atoms. The number of piperidine rings is 1. The fourth-order valence-corrected chi connectivity index (χ4v) is 2.97. The predicted molar refractivity (Wildman–Crippen MR) is 75.7 cm³/mol. The van der Waals surface area contributed by atoms with E-state index in [0.717, 1.165) is 44.2 Å². The van der Waals surface area contributed by atoms with Crippen molar-refractivity contribution < 1.29 is 4.74 Å². The van der Waals surface area contributed by atoms with Gasteiger partial charge in [-0.1, -0.05) is 0 Å². The van der Waals surface area contributed by atoms with Crippen LogP contribution in [0.25, 0.3) is 0 Å². The number of aromatic nitrogens is 2. The zero-order valence-electron chi connectivity index (χ0n) is 11.6. The van der Waals surface area contributed by atoms with Gasteiger partial charge >= 0.3 is 0 Å². The summed E-state index contributed by atoms with van der Waals surface area (Å²) in [5.74, 6) is 2.11. The van der Waals surface area contributed by atoms with Crippen LogP contribution in [-0.4, -0.2) is 49.4 Å². The van der Waals surface area contributed by atoms with Crippen molar-refractivity contribution in [2.24, 2.45) is 0 Å². The molecule has 104 valence electrons. The smallest absolute Gasteiger partial charge is 0.134 e. The second-order valence-corrected chi connectivity index (χ2v) is 5.37. The summed E-state index contributed by atoms with van der Waals surface area (Å²) in [4.78, 5) is 13.5. The van der Waals surface area contributed by atoms with Crippen molar-refractivity contribution in [3.63, 3.8) is 0 Å². The van der Waals surface area contributed by atoms with Gasteiger partial charge in [0.1, 0.15) is 18.0 Å². The molecule has 2 saturated heterocycles. The lowest BCUT2D eigenvalue weighted by atomic mass is 10.1. The number of hydrogen-bond acceptors (Lipinski definition) is 5. The van der Waals surface area contributed by atoms with Gasteiger partial charge in [0.05, 0.1) is 6.10 Å². The Morgan fingerprint density at radius 2 is 1.74 bits per heavy atom. The molecule has 2 aliphatic rings. The van der Waals surface area contributed by atoms with E-state index < -0.39 is 0 Å². The quantitative estimate of drug-likeness (QED) is 0.829. The third kappa shape index (κ3) is 2.81. The monoisotopic (exact) mass is 262 g/mol. The lowest BCUT2D eigenvalue weighted by molar-refractivity contribution is 0.0891. The third-order valence-electron chi connectivity index (χ3n) is 4.10. The van der Waals surface area contributed by atoms with E-state index in [1.807, 2.05) is 0 Å². The van der Waals surface area contributed by atoms with E-state index >= 15 is 0 Å². The van der Waals surface area contributed by atoms with Gasteiger partial charge in [-0.2, -0.15) is 0 Å². The van der Waals surface area contributed by atoms with Crippen molar-refractivity contribution in [1.29, 1.82) is 0 Å². The molecular formula is C14H22N4O. The average molecular weight is 262 g/mol. The van der Waals surface area contributed by atoms with Crippen LogP contribution in [-0.2, 0) is 4.74 Å². The van der Waals surface area contributed by atoms with Gasteiger partial charge in [0.25, 0.3) is 0 Å². The minimum atomic E-state index is 0.332. The molecule has 1 aromatic heterocycles. The fraction of sp³-hybridized carbons (Fsp3) is 0.714. The molecule has 0 aromatic carbocycles. The maximum Gasteiger partial charge on any atom is 0.134 e. The molecule has 3 rings (SSSR count). The highest BCUT2D eigenvalue weighted by Crippen LogP contribution is 2.24. The predicted octanol–water partition coefficient (Wildman–Crippen LogP) is 1.69. The normalized spacial score (nSPS) is 23.9. The van der Waals surface area contributed by atoms with Gasteiger partial charge in [-0.15, -0.1) is 0 Å². The largest absolute Gasteiger partial charge is 0.380 e. The lowest BCUT2D eigenvalue weighted by Crippen LogP contribution is -2.39. The first-order valence-corrected chi connectivity index (χ1v) is 7.21. The Morgan fingerprint density at radius 3 is 2.47 bits per heavy atom. The number of nitrogens with zero attached hydrogens (tertiary/aromatic N) is 4. The van der Waals surface area contributed by atoms with E-state index in [1.165, 1.54) is 19.3 Å². The van der Waals surface area contributed by atoms with Crippen LogP contribution in [0.15, 0.2) is 12.4 Å². The Bertz CT molecular complexity index is 420. The van der Waals surface area contributed by atoms with Crippen LogP contribution in [0, 0.1) is 0 Å². The molecule has 0 amide bonds. The second kappa shape index (κ2) is 5.74. The van der Waals surface area contributed by atoms with Crippen LogP contribution >= 0.6 is 0 Å². The maximum absolute atomic E-state index is 5.48. The molecule has 5 heteroatoms. The Morgan fingerprint density at radius 1 is 1.05 bits per heavy atom. The van der Waals surface area contributed by atoms with Crippen molar-refractivity contribution in [3.8, 4) is 0 Å². The van der Waals surface area contributed by atoms with E-state index in [9.17, 15) is 0 Å². The van der Waals surface area contributed by atoms with Gasteiger partial charge in [-0.3, -0.25) is 0 Å². The molecule has 0 bridgehead atoms. The standard InChI is InChI=1S/C14H22N4O/c1-19-12-5-4-8-18(10-12)14-9-13(15-11-16-14)17-6-2-3-7-17/h9,11-12H,2-8,10H2,1H3. The van der Waals surface area contributed by atoms with Crippen LogP contribution in [0.2, 0.25) is 0 Å². The molecule has 19 heavy (non-hydrogen) atoms. The Hall–Kier alpha value is -1.36. The Labute approximate surface area is 114 Å². The van der Waals surface area contributed by atoms with Crippen LogP contribution < -0.4 is 9.80 Å². The van der Waals surface area contributed by atoms with E-state index in [0.29, 0.717) is 6.10 Å². The molecule has 0 saturated carbocycles. The lowest BCUT2D eigenvalue weighted by Gasteiger charge is -2.33. The molecule has 0 aliphatic carbocycles. The summed E-state index contributed by atoms with van der Waals surface area (Å²) in [6, 6.07) is 2.13. The highest BCUT2D eigenvalue weighted by Gasteiger charge is 2.22. The summed E-state index contributed by atoms with van der Waals surface area (Å²) in [7, 11) is 1.80. The summed E-state index contributed by atoms with van der Waals surface area (Å²) >= 11 is 0. The third-order valence-corrected chi connectivity index (χ3v) is 4.10. The fourth-order valence-electron chi connectivity index (χ4n) is 2.97. The Balaban J connectivity index is 1.74. The molecule has 1 atom stereocenters. The number of rotatable bonds is 3. The van der Waals surface area contributed by atoms with Gasteiger partial charge in [0.15, 0.2) is 0 Å². The summed E-state index contributed by atoms with van der Waals surface area (Å²) in [6.07, 6.45) is 6.89. The molecule has 1 unspecified atom stereocenters. The summed E-state index contributed by atoms with van der Waals surface area (Å²) in [6.45, 7) is 4.25. The minimum Gasteiger partial charge on any atom is -0.380 e. The summed E-state index contributed by atoms with van der Waals surface area (Å²) in [5.41, 5.74) is 0. The van der Waals surface area contributed by atoms with Crippen LogP contribution in [0.3, 0.4) is 0 Å². The van der Waals surface area contributed by atoms with Crippen molar-refractivity contribution in [3.05, 3.63) is 12.4 Å². The molecule has 1 aromatic rings. The number of methoxy groups -OCH3 is 1. The van der Waals surface area contributed by atoms with Crippen LogP contribution in [0.5, 0.6) is 0 Å². The average Bonchev–Trinajstić information content (AvgIpc) is 3.02. The van der Waals surface area contributed by atoms with E-state index in [-0.39, 0.29) is 0 Å². The minimum absolute atomic E-state index is 0.332. The number of ether oxygens (including phenoxy) is 1. The van der Waals surface area contributed by atoms with E-state index in [1.54, 1.807) is 13.4 Å². The first-order valence-electron chi connectivity index (χ1n) is 7.21. The van der Waals surface area contributed by atoms with Gasteiger partial charge in [-0.25, -0.2) is 9.97 Å². The van der Waals surface area contributed by atoms with Crippen molar-refractivity contribution in [2.45, 2.75) is 31.8 Å². The van der Waals surface area contributed by atoms with Crippen molar-refractivity contribution in [1.82, 2.24) is 9.97 Å². The molecule has 2 fully saturated rings. The Kier molecular flexibility index (Phi) is 3.82. The number of hydrogen-bond donors (Lipinski definition) is 0. The van der Waals surface area contributed by atoms with Gasteiger partial charge < -0.3 is 14.5 Å². The highest BCUT2D eigenvalue weighted by molar-refractivity contribution is 5.50. The second-order valence-electron chi connectivity index (χ2n) is 5.37. The SMILES string of the molecule is COC1CCCN(c2cc(N3CCCC3)ncn2)C1. The highest BCUT2D eigenvalue weighted by atomic mass is 16.5. The van der Waals surface area contributed by atoms with E-state index in [2.05, 4.69) is 25.8 Å².